The Balaban J connectivity index is 1.85. The topological polar surface area (TPSA) is 97.3 Å². The standard InChI is InChI=1S/C25H22ClN3O3/c1-29-19-10-13(6-4-5-9-30)18(27)11-16(19)21-20(29)12-15(14-7-2-3-8-17(14)26)22-23(21)25(32)28-24(22)31/h2-3,7-8,10-12,30H,4-6,9,27H2,1H3,(H,28,31,32). The zero-order valence-corrected chi connectivity index (χ0v) is 18.3. The molecule has 0 saturated carbocycles. The molecule has 0 fully saturated rings. The minimum atomic E-state index is -0.424. The van der Waals surface area contributed by atoms with Gasteiger partial charge in [0.25, 0.3) is 11.8 Å². The quantitative estimate of drug-likeness (QED) is 0.239. The number of nitrogen functional groups attached to an aromatic ring is 1. The van der Waals surface area contributed by atoms with Gasteiger partial charge in [-0.15, -0.1) is 0 Å². The Labute approximate surface area is 189 Å². The Hall–Kier alpha value is -3.35. The molecule has 0 bridgehead atoms. The summed E-state index contributed by atoms with van der Waals surface area (Å²) < 4.78 is 2.02. The Bertz CT molecular complexity index is 1440. The van der Waals surface area contributed by atoms with Crippen LogP contribution in [-0.4, -0.2) is 28.1 Å². The molecule has 1 aliphatic rings. The molecule has 4 aromatic rings. The lowest BCUT2D eigenvalue weighted by molar-refractivity contribution is 0.0880. The highest BCUT2D eigenvalue weighted by Gasteiger charge is 2.34. The number of hydrogen-bond donors (Lipinski definition) is 3. The predicted octanol–water partition coefficient (Wildman–Crippen LogP) is 4.43. The van der Waals surface area contributed by atoms with E-state index < -0.39 is 11.8 Å². The number of aryl methyl sites for hydroxylation is 2. The summed E-state index contributed by atoms with van der Waals surface area (Å²) in [6.07, 6.45) is 2.30. The molecule has 7 heteroatoms. The average molecular weight is 448 g/mol. The summed E-state index contributed by atoms with van der Waals surface area (Å²) >= 11 is 6.46. The number of rotatable bonds is 5. The van der Waals surface area contributed by atoms with Crippen LogP contribution < -0.4 is 11.1 Å². The molecule has 32 heavy (non-hydrogen) atoms. The molecule has 0 radical (unpaired) electrons. The van der Waals surface area contributed by atoms with E-state index in [1.54, 1.807) is 6.07 Å². The van der Waals surface area contributed by atoms with Crippen molar-refractivity contribution in [1.82, 2.24) is 9.88 Å². The third-order valence-electron chi connectivity index (χ3n) is 6.26. The lowest BCUT2D eigenvalue weighted by Crippen LogP contribution is -2.20. The van der Waals surface area contributed by atoms with Crippen LogP contribution >= 0.6 is 11.6 Å². The lowest BCUT2D eigenvalue weighted by Gasteiger charge is -2.10. The van der Waals surface area contributed by atoms with E-state index in [0.717, 1.165) is 34.8 Å². The summed E-state index contributed by atoms with van der Waals surface area (Å²) in [5, 5.41) is 13.6. The van der Waals surface area contributed by atoms with Crippen LogP contribution in [0.4, 0.5) is 5.69 Å². The molecule has 0 unspecified atom stereocenters. The summed E-state index contributed by atoms with van der Waals surface area (Å²) in [6.45, 7) is 0.149. The van der Waals surface area contributed by atoms with E-state index in [2.05, 4.69) is 5.32 Å². The number of fused-ring (bicyclic) bond motifs is 5. The van der Waals surface area contributed by atoms with Crippen molar-refractivity contribution in [3.63, 3.8) is 0 Å². The molecule has 0 atom stereocenters. The second-order valence-electron chi connectivity index (χ2n) is 8.14. The minimum absolute atomic E-state index is 0.149. The van der Waals surface area contributed by atoms with Gasteiger partial charge in [0.2, 0.25) is 0 Å². The SMILES string of the molecule is Cn1c2cc(CCCCO)c(N)cc2c2c3c(c(-c4ccccc4Cl)cc21)C(=O)NC3=O. The Morgan fingerprint density at radius 2 is 1.75 bits per heavy atom. The van der Waals surface area contributed by atoms with Crippen molar-refractivity contribution in [3.8, 4) is 11.1 Å². The molecule has 0 saturated heterocycles. The average Bonchev–Trinajstić information content (AvgIpc) is 3.21. The van der Waals surface area contributed by atoms with Gasteiger partial charge in [-0.3, -0.25) is 14.9 Å². The fraction of sp³-hybridized carbons (Fsp3) is 0.200. The summed E-state index contributed by atoms with van der Waals surface area (Å²) in [4.78, 5) is 25.7. The first-order valence-corrected chi connectivity index (χ1v) is 10.9. The number of benzene rings is 3. The molecule has 2 amide bonds. The molecule has 1 aromatic heterocycles. The number of aromatic nitrogens is 1. The molecule has 5 rings (SSSR count). The number of aliphatic hydroxyl groups excluding tert-OH is 1. The second-order valence-corrected chi connectivity index (χ2v) is 8.55. The van der Waals surface area contributed by atoms with Crippen LogP contribution in [0.5, 0.6) is 0 Å². The van der Waals surface area contributed by atoms with Crippen LogP contribution in [-0.2, 0) is 13.5 Å². The van der Waals surface area contributed by atoms with E-state index in [9.17, 15) is 9.59 Å². The van der Waals surface area contributed by atoms with Gasteiger partial charge in [-0.1, -0.05) is 29.8 Å². The summed E-state index contributed by atoms with van der Waals surface area (Å²) in [5.41, 5.74) is 11.8. The molecule has 3 aromatic carbocycles. The number of imide groups is 1. The highest BCUT2D eigenvalue weighted by Crippen LogP contribution is 2.42. The van der Waals surface area contributed by atoms with Gasteiger partial charge in [0.15, 0.2) is 0 Å². The number of amides is 2. The maximum atomic E-state index is 12.9. The number of carbonyl (C=O) groups excluding carboxylic acids is 2. The van der Waals surface area contributed by atoms with Gasteiger partial charge in [-0.25, -0.2) is 0 Å². The third-order valence-corrected chi connectivity index (χ3v) is 6.59. The van der Waals surface area contributed by atoms with Gasteiger partial charge < -0.3 is 15.4 Å². The van der Waals surface area contributed by atoms with Gasteiger partial charge in [-0.05, 0) is 54.7 Å². The number of aliphatic hydroxyl groups is 1. The van der Waals surface area contributed by atoms with Crippen LogP contribution in [0.3, 0.4) is 0 Å². The molecule has 4 N–H and O–H groups in total. The predicted molar refractivity (Wildman–Crippen MR) is 127 cm³/mol. The second kappa shape index (κ2) is 7.65. The van der Waals surface area contributed by atoms with Gasteiger partial charge in [0, 0.05) is 46.2 Å². The first kappa shape index (κ1) is 20.5. The smallest absolute Gasteiger partial charge is 0.259 e. The summed E-state index contributed by atoms with van der Waals surface area (Å²) in [6, 6.07) is 13.1. The highest BCUT2D eigenvalue weighted by molar-refractivity contribution is 6.36. The molecule has 6 nitrogen and oxygen atoms in total. The molecule has 0 spiro atoms. The number of anilines is 1. The maximum Gasteiger partial charge on any atom is 0.259 e. The highest BCUT2D eigenvalue weighted by atomic mass is 35.5. The van der Waals surface area contributed by atoms with Crippen molar-refractivity contribution < 1.29 is 14.7 Å². The third kappa shape index (κ3) is 2.98. The van der Waals surface area contributed by atoms with E-state index >= 15 is 0 Å². The molecule has 2 heterocycles. The van der Waals surface area contributed by atoms with Crippen molar-refractivity contribution in [2.75, 3.05) is 12.3 Å². The Kier molecular flexibility index (Phi) is 4.92. The van der Waals surface area contributed by atoms with E-state index in [-0.39, 0.29) is 6.61 Å². The number of halogens is 1. The number of carbonyl (C=O) groups is 2. The van der Waals surface area contributed by atoms with Crippen molar-refractivity contribution in [2.45, 2.75) is 19.3 Å². The molecule has 162 valence electrons. The zero-order chi connectivity index (χ0) is 22.6. The number of hydrogen-bond acceptors (Lipinski definition) is 4. The molecular formula is C25H22ClN3O3. The molecule has 0 aliphatic carbocycles. The fourth-order valence-corrected chi connectivity index (χ4v) is 4.93. The number of nitrogens with two attached hydrogens (primary N) is 1. The van der Waals surface area contributed by atoms with Crippen LogP contribution in [0.25, 0.3) is 32.9 Å². The molecular weight excluding hydrogens is 426 g/mol. The number of nitrogens with one attached hydrogen (secondary N) is 1. The summed E-state index contributed by atoms with van der Waals surface area (Å²) in [5.74, 6) is -0.839. The molecule has 1 aliphatic heterocycles. The first-order chi connectivity index (χ1) is 15.4. The zero-order valence-electron chi connectivity index (χ0n) is 17.5. The van der Waals surface area contributed by atoms with Crippen molar-refractivity contribution >= 4 is 50.9 Å². The van der Waals surface area contributed by atoms with E-state index in [0.29, 0.717) is 44.8 Å². The van der Waals surface area contributed by atoms with Crippen LogP contribution in [0.2, 0.25) is 5.02 Å². The van der Waals surface area contributed by atoms with Crippen LogP contribution in [0, 0.1) is 0 Å². The van der Waals surface area contributed by atoms with Crippen molar-refractivity contribution in [3.05, 3.63) is 64.2 Å². The van der Waals surface area contributed by atoms with Crippen LogP contribution in [0.15, 0.2) is 42.5 Å². The van der Waals surface area contributed by atoms with Gasteiger partial charge >= 0.3 is 0 Å². The largest absolute Gasteiger partial charge is 0.398 e. The number of nitrogens with zero attached hydrogens (tertiary/aromatic N) is 1. The van der Waals surface area contributed by atoms with Crippen molar-refractivity contribution in [1.29, 1.82) is 0 Å². The normalized spacial score (nSPS) is 13.2. The van der Waals surface area contributed by atoms with Gasteiger partial charge in [-0.2, -0.15) is 0 Å². The lowest BCUT2D eigenvalue weighted by atomic mass is 9.92. The van der Waals surface area contributed by atoms with E-state index in [4.69, 9.17) is 22.4 Å². The van der Waals surface area contributed by atoms with E-state index in [1.807, 2.05) is 48.0 Å². The maximum absolute atomic E-state index is 12.9. The summed E-state index contributed by atoms with van der Waals surface area (Å²) in [7, 11) is 1.94. The fourth-order valence-electron chi connectivity index (χ4n) is 4.69. The monoisotopic (exact) mass is 447 g/mol. The Morgan fingerprint density at radius 1 is 1.00 bits per heavy atom. The van der Waals surface area contributed by atoms with Gasteiger partial charge in [0.1, 0.15) is 0 Å². The van der Waals surface area contributed by atoms with Crippen molar-refractivity contribution in [2.24, 2.45) is 7.05 Å². The van der Waals surface area contributed by atoms with Crippen LogP contribution in [0.1, 0.15) is 39.1 Å². The van der Waals surface area contributed by atoms with Gasteiger partial charge in [0.05, 0.1) is 16.6 Å². The first-order valence-electron chi connectivity index (χ1n) is 10.5. The van der Waals surface area contributed by atoms with E-state index in [1.165, 1.54) is 0 Å². The Morgan fingerprint density at radius 3 is 2.50 bits per heavy atom. The minimum Gasteiger partial charge on any atom is -0.398 e. The number of unbranched alkanes of at least 4 members (excludes halogenated alkanes) is 1.